The summed E-state index contributed by atoms with van der Waals surface area (Å²) in [4.78, 5) is 0. The van der Waals surface area contributed by atoms with E-state index in [0.29, 0.717) is 0 Å². The summed E-state index contributed by atoms with van der Waals surface area (Å²) in [5.74, 6) is -2.36. The lowest BCUT2D eigenvalue weighted by molar-refractivity contribution is -0.603. The van der Waals surface area contributed by atoms with Crippen molar-refractivity contribution in [3.05, 3.63) is 66.8 Å². The van der Waals surface area contributed by atoms with Gasteiger partial charge in [-0.3, -0.25) is 0 Å². The third kappa shape index (κ3) is 6.78. The molecular formula is C13H6F7IO3S. The SMILES string of the molecule is Fc1ccc(F)c([I+]c2cc(F)ccc2F)c1.O=S(=O)([O-])C(F)(F)F. The van der Waals surface area contributed by atoms with Crippen molar-refractivity contribution in [2.24, 2.45) is 0 Å². The molecule has 0 N–H and O–H groups in total. The van der Waals surface area contributed by atoms with Crippen molar-refractivity contribution in [2.45, 2.75) is 5.51 Å². The number of alkyl halides is 3. The molecule has 0 radical (unpaired) electrons. The van der Waals surface area contributed by atoms with Crippen molar-refractivity contribution in [2.75, 3.05) is 0 Å². The molecule has 2 aromatic rings. The Balaban J connectivity index is 0.000000333. The standard InChI is InChI=1S/C12H6F4I.CHF3O3S/c13-7-1-3-9(15)11(5-7)17-12-6-8(14)2-4-10(12)16;2-1(3,4)8(5,6)7/h1-6H;(H,5,6,7)/q+1;/p-1. The minimum absolute atomic E-state index is 0.105. The Bertz CT molecular complexity index is 804. The van der Waals surface area contributed by atoms with E-state index in [0.717, 1.165) is 36.4 Å². The van der Waals surface area contributed by atoms with E-state index in [2.05, 4.69) is 0 Å². The molecule has 0 spiro atoms. The van der Waals surface area contributed by atoms with Gasteiger partial charge < -0.3 is 4.55 Å². The Labute approximate surface area is 147 Å². The quantitative estimate of drug-likeness (QED) is 0.197. The monoisotopic (exact) mass is 502 g/mol. The fraction of sp³-hybridized carbons (Fsp3) is 0.0769. The number of rotatable bonds is 2. The summed E-state index contributed by atoms with van der Waals surface area (Å²) >= 11 is -1.28. The smallest absolute Gasteiger partial charge is 0.485 e. The maximum absolute atomic E-state index is 13.3. The molecular weight excluding hydrogens is 496 g/mol. The van der Waals surface area contributed by atoms with Gasteiger partial charge in [0.15, 0.2) is 21.8 Å². The predicted molar refractivity (Wildman–Crippen MR) is 65.9 cm³/mol. The Morgan fingerprint density at radius 1 is 0.800 bits per heavy atom. The highest BCUT2D eigenvalue weighted by atomic mass is 127. The molecule has 0 aliphatic rings. The molecule has 3 nitrogen and oxygen atoms in total. The minimum atomic E-state index is -6.09. The first-order valence-corrected chi connectivity index (χ1v) is 9.45. The maximum atomic E-state index is 13.3. The molecule has 2 aromatic carbocycles. The Hall–Kier alpha value is -1.41. The molecule has 0 aromatic heterocycles. The summed E-state index contributed by atoms with van der Waals surface area (Å²) in [6, 6.07) is 6.00. The van der Waals surface area contributed by atoms with Crippen LogP contribution in [0.2, 0.25) is 0 Å². The van der Waals surface area contributed by atoms with E-state index in [1.54, 1.807) is 0 Å². The van der Waals surface area contributed by atoms with E-state index in [4.69, 9.17) is 13.0 Å². The van der Waals surface area contributed by atoms with Gasteiger partial charge in [-0.2, -0.15) is 13.2 Å². The summed E-state index contributed by atoms with van der Waals surface area (Å²) in [6.07, 6.45) is 0. The number of hydrogen-bond donors (Lipinski definition) is 0. The molecule has 0 atom stereocenters. The molecule has 0 aliphatic heterocycles. The molecule has 0 bridgehead atoms. The van der Waals surface area contributed by atoms with E-state index in [-0.39, 0.29) is 7.14 Å². The van der Waals surface area contributed by atoms with Crippen LogP contribution in [0.15, 0.2) is 36.4 Å². The number of halogens is 8. The van der Waals surface area contributed by atoms with Crippen LogP contribution in [0.3, 0.4) is 0 Å². The normalized spacial score (nSPS) is 11.7. The lowest BCUT2D eigenvalue weighted by Crippen LogP contribution is -3.62. The average Bonchev–Trinajstić information content (AvgIpc) is 2.45. The van der Waals surface area contributed by atoms with Gasteiger partial charge in [0.05, 0.1) is 0 Å². The van der Waals surface area contributed by atoms with Crippen LogP contribution in [-0.2, 0) is 10.1 Å². The second-order valence-corrected chi connectivity index (χ2v) is 8.35. The Morgan fingerprint density at radius 3 is 1.40 bits per heavy atom. The zero-order chi connectivity index (χ0) is 19.4. The van der Waals surface area contributed by atoms with Crippen molar-refractivity contribution in [1.82, 2.24) is 0 Å². The van der Waals surface area contributed by atoms with Crippen LogP contribution >= 0.6 is 0 Å². The van der Waals surface area contributed by atoms with E-state index in [1.165, 1.54) is 0 Å². The largest absolute Gasteiger partial charge is 0.741 e. The van der Waals surface area contributed by atoms with Gasteiger partial charge in [-0.05, 0) is 24.3 Å². The van der Waals surface area contributed by atoms with Gasteiger partial charge in [-0.25, -0.2) is 26.0 Å². The zero-order valence-electron chi connectivity index (χ0n) is 11.6. The molecule has 0 aliphatic carbocycles. The van der Waals surface area contributed by atoms with E-state index < -0.39 is 60.1 Å². The summed E-state index contributed by atoms with van der Waals surface area (Å²) in [5.41, 5.74) is -5.65. The summed E-state index contributed by atoms with van der Waals surface area (Å²) < 4.78 is 112. The summed E-state index contributed by atoms with van der Waals surface area (Å²) in [5, 5.41) is 0. The number of benzene rings is 2. The summed E-state index contributed by atoms with van der Waals surface area (Å²) in [6.45, 7) is 0. The van der Waals surface area contributed by atoms with Crippen molar-refractivity contribution < 1.29 is 64.9 Å². The topological polar surface area (TPSA) is 57.2 Å². The third-order valence-electron chi connectivity index (χ3n) is 2.25. The van der Waals surface area contributed by atoms with Crippen molar-refractivity contribution >= 4 is 10.1 Å². The Morgan fingerprint density at radius 2 is 1.12 bits per heavy atom. The zero-order valence-corrected chi connectivity index (χ0v) is 14.6. The third-order valence-corrected chi connectivity index (χ3v) is 5.63. The second-order valence-electron chi connectivity index (χ2n) is 4.11. The van der Waals surface area contributed by atoms with Crippen LogP contribution in [0, 0.1) is 30.4 Å². The summed E-state index contributed by atoms with van der Waals surface area (Å²) in [7, 11) is -6.09. The first-order chi connectivity index (χ1) is 11.3. The molecule has 25 heavy (non-hydrogen) atoms. The van der Waals surface area contributed by atoms with Gasteiger partial charge in [0.25, 0.3) is 0 Å². The number of hydrogen-bond acceptors (Lipinski definition) is 3. The van der Waals surface area contributed by atoms with Crippen molar-refractivity contribution in [3.8, 4) is 0 Å². The van der Waals surface area contributed by atoms with Crippen LogP contribution in [0.1, 0.15) is 0 Å². The molecule has 2 rings (SSSR count). The van der Waals surface area contributed by atoms with Crippen LogP contribution in [-0.4, -0.2) is 18.5 Å². The minimum Gasteiger partial charge on any atom is -0.741 e. The highest BCUT2D eigenvalue weighted by Gasteiger charge is 2.36. The fourth-order valence-corrected chi connectivity index (χ4v) is 3.60. The lowest BCUT2D eigenvalue weighted by Gasteiger charge is -2.08. The van der Waals surface area contributed by atoms with Crippen LogP contribution < -0.4 is 21.2 Å². The average molecular weight is 502 g/mol. The van der Waals surface area contributed by atoms with E-state index >= 15 is 0 Å². The molecule has 0 amide bonds. The van der Waals surface area contributed by atoms with Gasteiger partial charge in [0.1, 0.15) is 11.6 Å². The van der Waals surface area contributed by atoms with Gasteiger partial charge in [-0.1, -0.05) is 0 Å². The van der Waals surface area contributed by atoms with Crippen molar-refractivity contribution in [3.63, 3.8) is 0 Å². The van der Waals surface area contributed by atoms with Gasteiger partial charge >= 0.3 is 26.7 Å². The molecule has 0 saturated heterocycles. The Kier molecular flexibility index (Phi) is 7.19. The van der Waals surface area contributed by atoms with E-state index in [9.17, 15) is 30.7 Å². The molecule has 138 valence electrons. The molecule has 0 fully saturated rings. The molecule has 12 heteroatoms. The molecule has 0 saturated carbocycles. The first kappa shape index (κ1) is 21.6. The van der Waals surface area contributed by atoms with Crippen LogP contribution in [0.4, 0.5) is 30.7 Å². The first-order valence-electron chi connectivity index (χ1n) is 5.88. The highest BCUT2D eigenvalue weighted by molar-refractivity contribution is 7.86. The fourth-order valence-electron chi connectivity index (χ4n) is 1.20. The lowest BCUT2D eigenvalue weighted by atomic mass is 10.3. The van der Waals surface area contributed by atoms with E-state index in [1.807, 2.05) is 0 Å². The van der Waals surface area contributed by atoms with Gasteiger partial charge in [0.2, 0.25) is 7.14 Å². The van der Waals surface area contributed by atoms with Gasteiger partial charge in [0, 0.05) is 12.1 Å². The second kappa shape index (κ2) is 8.31. The van der Waals surface area contributed by atoms with Crippen LogP contribution in [0.25, 0.3) is 0 Å². The highest BCUT2D eigenvalue weighted by Crippen LogP contribution is 2.20. The predicted octanol–water partition coefficient (Wildman–Crippen LogP) is 0.423. The van der Waals surface area contributed by atoms with Crippen LogP contribution in [0.5, 0.6) is 0 Å². The maximum Gasteiger partial charge on any atom is 0.485 e. The van der Waals surface area contributed by atoms with Crippen molar-refractivity contribution in [1.29, 1.82) is 0 Å². The molecule has 0 unspecified atom stereocenters. The molecule has 0 heterocycles. The van der Waals surface area contributed by atoms with Gasteiger partial charge in [-0.15, -0.1) is 0 Å².